The number of aryl methyl sites for hydroxylation is 2. The van der Waals surface area contributed by atoms with Crippen molar-refractivity contribution in [2.75, 3.05) is 13.1 Å². The van der Waals surface area contributed by atoms with Crippen LogP contribution in [0, 0.1) is 19.8 Å². The highest BCUT2D eigenvalue weighted by Crippen LogP contribution is 2.29. The van der Waals surface area contributed by atoms with Crippen molar-refractivity contribution in [3.8, 4) is 23.0 Å². The lowest BCUT2D eigenvalue weighted by Crippen LogP contribution is -2.44. The normalized spacial score (nSPS) is 15.9. The fraction of sp³-hybridized carbons (Fsp3) is 0.280. The van der Waals surface area contributed by atoms with Gasteiger partial charge in [-0.3, -0.25) is 9.59 Å². The largest absolute Gasteiger partial charge is 0.438 e. The second-order valence-electron chi connectivity index (χ2n) is 8.12. The van der Waals surface area contributed by atoms with Crippen molar-refractivity contribution in [3.63, 3.8) is 0 Å². The van der Waals surface area contributed by atoms with Gasteiger partial charge >= 0.3 is 0 Å². The van der Waals surface area contributed by atoms with Crippen LogP contribution in [-0.2, 0) is 4.79 Å². The van der Waals surface area contributed by atoms with Crippen LogP contribution in [0.25, 0.3) is 11.4 Å². The standard InChI is InChI=1S/C25H26N4O3/c1-16-10-11-20(13-17(16)2)32-24-21(14-27-23(28-24)18-7-4-3-5-8-18)25(31)29-12-6-9-19(15-29)22(26)30/h3-5,7-8,10-11,13-14,19H,6,9,12,15H2,1-2H3,(H2,26,30). The van der Waals surface area contributed by atoms with E-state index < -0.39 is 0 Å². The van der Waals surface area contributed by atoms with Crippen molar-refractivity contribution in [2.45, 2.75) is 26.7 Å². The molecule has 2 heterocycles. The SMILES string of the molecule is Cc1ccc(Oc2nc(-c3ccccc3)ncc2C(=O)N2CCCC(C(N)=O)C2)cc1C. The second kappa shape index (κ2) is 9.18. The van der Waals surface area contributed by atoms with Crippen molar-refractivity contribution >= 4 is 11.8 Å². The molecule has 1 saturated heterocycles. The molecule has 0 spiro atoms. The van der Waals surface area contributed by atoms with Gasteiger partial charge in [-0.25, -0.2) is 4.98 Å². The Morgan fingerprint density at radius 3 is 2.59 bits per heavy atom. The average molecular weight is 431 g/mol. The zero-order valence-corrected chi connectivity index (χ0v) is 18.2. The van der Waals surface area contributed by atoms with E-state index in [4.69, 9.17) is 10.5 Å². The zero-order chi connectivity index (χ0) is 22.7. The molecule has 32 heavy (non-hydrogen) atoms. The fourth-order valence-electron chi connectivity index (χ4n) is 3.77. The van der Waals surface area contributed by atoms with Crippen LogP contribution < -0.4 is 10.5 Å². The van der Waals surface area contributed by atoms with Crippen LogP contribution in [0.15, 0.2) is 54.7 Å². The number of benzene rings is 2. The number of carbonyl (C=O) groups excluding carboxylic acids is 2. The van der Waals surface area contributed by atoms with Crippen LogP contribution in [-0.4, -0.2) is 39.8 Å². The number of piperidine rings is 1. The number of primary amides is 1. The number of amides is 2. The van der Waals surface area contributed by atoms with Crippen LogP contribution >= 0.6 is 0 Å². The lowest BCUT2D eigenvalue weighted by atomic mass is 9.97. The second-order valence-corrected chi connectivity index (χ2v) is 8.12. The van der Waals surface area contributed by atoms with Gasteiger partial charge in [0, 0.05) is 24.8 Å². The number of hydrogen-bond acceptors (Lipinski definition) is 5. The number of nitrogens with zero attached hydrogens (tertiary/aromatic N) is 3. The van der Waals surface area contributed by atoms with Crippen molar-refractivity contribution in [3.05, 3.63) is 71.4 Å². The summed E-state index contributed by atoms with van der Waals surface area (Å²) in [6.45, 7) is 4.86. The maximum atomic E-state index is 13.4. The lowest BCUT2D eigenvalue weighted by Gasteiger charge is -2.31. The van der Waals surface area contributed by atoms with Gasteiger partial charge in [0.15, 0.2) is 5.82 Å². The topological polar surface area (TPSA) is 98.4 Å². The van der Waals surface area contributed by atoms with E-state index in [2.05, 4.69) is 9.97 Å². The van der Waals surface area contributed by atoms with Crippen LogP contribution in [0.3, 0.4) is 0 Å². The van der Waals surface area contributed by atoms with E-state index >= 15 is 0 Å². The molecule has 2 aromatic carbocycles. The van der Waals surface area contributed by atoms with Crippen LogP contribution in [0.5, 0.6) is 11.6 Å². The van der Waals surface area contributed by atoms with E-state index in [1.165, 1.54) is 6.20 Å². The maximum absolute atomic E-state index is 13.4. The van der Waals surface area contributed by atoms with Crippen molar-refractivity contribution in [1.82, 2.24) is 14.9 Å². The Bertz CT molecular complexity index is 1150. The van der Waals surface area contributed by atoms with Gasteiger partial charge in [-0.05, 0) is 49.9 Å². The molecule has 4 rings (SSSR count). The van der Waals surface area contributed by atoms with Gasteiger partial charge in [0.05, 0.1) is 5.92 Å². The Morgan fingerprint density at radius 2 is 1.88 bits per heavy atom. The van der Waals surface area contributed by atoms with E-state index in [0.29, 0.717) is 24.5 Å². The smallest absolute Gasteiger partial charge is 0.260 e. The molecule has 1 aromatic heterocycles. The molecule has 1 fully saturated rings. The predicted molar refractivity (Wildman–Crippen MR) is 121 cm³/mol. The van der Waals surface area contributed by atoms with E-state index in [1.54, 1.807) is 4.90 Å². The number of nitrogens with two attached hydrogens (primary N) is 1. The number of ether oxygens (including phenoxy) is 1. The third-order valence-corrected chi connectivity index (χ3v) is 5.82. The molecule has 7 nitrogen and oxygen atoms in total. The third-order valence-electron chi connectivity index (χ3n) is 5.82. The summed E-state index contributed by atoms with van der Waals surface area (Å²) in [5.41, 5.74) is 8.79. The summed E-state index contributed by atoms with van der Waals surface area (Å²) in [4.78, 5) is 35.7. The van der Waals surface area contributed by atoms with E-state index in [0.717, 1.165) is 23.1 Å². The Morgan fingerprint density at radius 1 is 1.09 bits per heavy atom. The molecule has 1 aliphatic rings. The van der Waals surface area contributed by atoms with Crippen LogP contribution in [0.1, 0.15) is 34.3 Å². The molecular weight excluding hydrogens is 404 g/mol. The van der Waals surface area contributed by atoms with Gasteiger partial charge in [-0.15, -0.1) is 0 Å². The number of aromatic nitrogens is 2. The summed E-state index contributed by atoms with van der Waals surface area (Å²) >= 11 is 0. The number of likely N-dealkylation sites (tertiary alicyclic amines) is 1. The van der Waals surface area contributed by atoms with Gasteiger partial charge in [0.2, 0.25) is 11.8 Å². The summed E-state index contributed by atoms with van der Waals surface area (Å²) in [5.74, 6) is 0.247. The van der Waals surface area contributed by atoms with Gasteiger partial charge in [-0.1, -0.05) is 36.4 Å². The van der Waals surface area contributed by atoms with Crippen LogP contribution in [0.4, 0.5) is 0 Å². The average Bonchev–Trinajstić information content (AvgIpc) is 2.81. The van der Waals surface area contributed by atoms with E-state index in [-0.39, 0.29) is 35.7 Å². The van der Waals surface area contributed by atoms with Crippen molar-refractivity contribution in [1.29, 1.82) is 0 Å². The monoisotopic (exact) mass is 430 g/mol. The summed E-state index contributed by atoms with van der Waals surface area (Å²) < 4.78 is 6.10. The molecule has 2 amide bonds. The lowest BCUT2D eigenvalue weighted by molar-refractivity contribution is -0.123. The highest BCUT2D eigenvalue weighted by Gasteiger charge is 2.30. The maximum Gasteiger partial charge on any atom is 0.260 e. The van der Waals surface area contributed by atoms with Gasteiger partial charge < -0.3 is 15.4 Å². The Kier molecular flexibility index (Phi) is 6.16. The molecule has 1 unspecified atom stereocenters. The molecule has 1 aliphatic heterocycles. The first-order valence-corrected chi connectivity index (χ1v) is 10.7. The molecule has 164 valence electrons. The summed E-state index contributed by atoms with van der Waals surface area (Å²) in [6.07, 6.45) is 2.91. The first kappa shape index (κ1) is 21.5. The predicted octanol–water partition coefficient (Wildman–Crippen LogP) is 3.89. The molecule has 0 bridgehead atoms. The van der Waals surface area contributed by atoms with E-state index in [1.807, 2.05) is 62.4 Å². The van der Waals surface area contributed by atoms with Crippen LogP contribution in [0.2, 0.25) is 0 Å². The molecule has 3 aromatic rings. The Labute approximate surface area is 187 Å². The van der Waals surface area contributed by atoms with Gasteiger partial charge in [-0.2, -0.15) is 4.98 Å². The van der Waals surface area contributed by atoms with E-state index in [9.17, 15) is 9.59 Å². The first-order chi connectivity index (χ1) is 15.4. The number of hydrogen-bond donors (Lipinski definition) is 1. The number of rotatable bonds is 5. The fourth-order valence-corrected chi connectivity index (χ4v) is 3.77. The third kappa shape index (κ3) is 4.61. The summed E-state index contributed by atoms with van der Waals surface area (Å²) in [5, 5.41) is 0. The minimum Gasteiger partial charge on any atom is -0.438 e. The molecular formula is C25H26N4O3. The first-order valence-electron chi connectivity index (χ1n) is 10.7. The molecule has 0 radical (unpaired) electrons. The number of carbonyl (C=O) groups is 2. The zero-order valence-electron chi connectivity index (χ0n) is 18.2. The quantitative estimate of drug-likeness (QED) is 0.662. The molecule has 7 heteroatoms. The van der Waals surface area contributed by atoms with Gasteiger partial charge in [0.1, 0.15) is 11.3 Å². The molecule has 0 aliphatic carbocycles. The summed E-state index contributed by atoms with van der Waals surface area (Å²) in [6, 6.07) is 15.3. The highest BCUT2D eigenvalue weighted by molar-refractivity contribution is 5.96. The highest BCUT2D eigenvalue weighted by atomic mass is 16.5. The molecule has 1 atom stereocenters. The van der Waals surface area contributed by atoms with Crippen molar-refractivity contribution in [2.24, 2.45) is 11.7 Å². The van der Waals surface area contributed by atoms with Crippen molar-refractivity contribution < 1.29 is 14.3 Å². The van der Waals surface area contributed by atoms with Gasteiger partial charge in [0.25, 0.3) is 5.91 Å². The molecule has 2 N–H and O–H groups in total. The Balaban J connectivity index is 1.71. The molecule has 0 saturated carbocycles. The minimum absolute atomic E-state index is 0.188. The minimum atomic E-state index is -0.384. The summed E-state index contributed by atoms with van der Waals surface area (Å²) in [7, 11) is 0. The Hall–Kier alpha value is -3.74.